The maximum atomic E-state index is 11.6. The quantitative estimate of drug-likeness (QED) is 0.509. The van der Waals surface area contributed by atoms with Crippen LogP contribution in [0.3, 0.4) is 0 Å². The minimum absolute atomic E-state index is 0.232. The molecule has 0 aliphatic rings. The van der Waals surface area contributed by atoms with Gasteiger partial charge in [-0.3, -0.25) is 14.6 Å². The van der Waals surface area contributed by atoms with Crippen molar-refractivity contribution in [3.63, 3.8) is 0 Å². The highest BCUT2D eigenvalue weighted by molar-refractivity contribution is 6.35. The smallest absolute Gasteiger partial charge is 0.329 e. The van der Waals surface area contributed by atoms with Crippen molar-refractivity contribution < 1.29 is 9.59 Å². The van der Waals surface area contributed by atoms with Crippen molar-refractivity contribution in [2.75, 3.05) is 0 Å². The Morgan fingerprint density at radius 2 is 1.95 bits per heavy atom. The third-order valence-corrected chi connectivity index (χ3v) is 2.89. The van der Waals surface area contributed by atoms with Crippen molar-refractivity contribution in [3.05, 3.63) is 64.9 Å². The predicted octanol–water partition coefficient (Wildman–Crippen LogP) is 1.50. The van der Waals surface area contributed by atoms with Crippen LogP contribution in [0.1, 0.15) is 11.1 Å². The second-order valence-electron chi connectivity index (χ2n) is 4.29. The van der Waals surface area contributed by atoms with Crippen LogP contribution in [0.15, 0.2) is 53.9 Å². The zero-order chi connectivity index (χ0) is 15.8. The molecule has 1 aromatic carbocycles. The summed E-state index contributed by atoms with van der Waals surface area (Å²) in [6.45, 7) is 0.232. The van der Waals surface area contributed by atoms with E-state index in [2.05, 4.69) is 20.8 Å². The number of nitrogens with zero attached hydrogens (tertiary/aromatic N) is 2. The van der Waals surface area contributed by atoms with Crippen LogP contribution in [0.5, 0.6) is 0 Å². The third-order valence-electron chi connectivity index (χ3n) is 2.64. The summed E-state index contributed by atoms with van der Waals surface area (Å²) in [5, 5.41) is 6.78. The number of carbonyl (C=O) groups excluding carboxylic acids is 2. The van der Waals surface area contributed by atoms with Crippen LogP contribution in [-0.2, 0) is 16.1 Å². The van der Waals surface area contributed by atoms with Gasteiger partial charge in [0.2, 0.25) is 0 Å². The van der Waals surface area contributed by atoms with Gasteiger partial charge in [-0.15, -0.1) is 0 Å². The topological polar surface area (TPSA) is 83.5 Å². The number of halogens is 1. The monoisotopic (exact) mass is 316 g/mol. The van der Waals surface area contributed by atoms with E-state index >= 15 is 0 Å². The molecule has 0 fully saturated rings. The molecule has 2 N–H and O–H groups in total. The first-order chi connectivity index (χ1) is 10.6. The van der Waals surface area contributed by atoms with E-state index in [1.54, 1.807) is 48.8 Å². The van der Waals surface area contributed by atoms with Crippen molar-refractivity contribution >= 4 is 29.6 Å². The number of hydrogen-bond donors (Lipinski definition) is 2. The summed E-state index contributed by atoms with van der Waals surface area (Å²) >= 11 is 5.76. The van der Waals surface area contributed by atoms with Gasteiger partial charge < -0.3 is 5.32 Å². The van der Waals surface area contributed by atoms with Crippen molar-refractivity contribution in [3.8, 4) is 0 Å². The molecule has 0 saturated carbocycles. The zero-order valence-corrected chi connectivity index (χ0v) is 12.2. The molecular formula is C15H13ClN4O2. The van der Waals surface area contributed by atoms with Crippen LogP contribution in [0.2, 0.25) is 5.02 Å². The molecule has 0 spiro atoms. The van der Waals surface area contributed by atoms with E-state index < -0.39 is 11.8 Å². The van der Waals surface area contributed by atoms with E-state index in [9.17, 15) is 9.59 Å². The number of hydrogen-bond acceptors (Lipinski definition) is 4. The van der Waals surface area contributed by atoms with Gasteiger partial charge in [-0.1, -0.05) is 29.8 Å². The summed E-state index contributed by atoms with van der Waals surface area (Å²) in [6.07, 6.45) is 4.60. The lowest BCUT2D eigenvalue weighted by molar-refractivity contribution is -0.139. The second kappa shape index (κ2) is 7.90. The Kier molecular flexibility index (Phi) is 5.62. The molecule has 0 saturated heterocycles. The average Bonchev–Trinajstić information content (AvgIpc) is 2.55. The maximum Gasteiger partial charge on any atom is 0.329 e. The van der Waals surface area contributed by atoms with Gasteiger partial charge >= 0.3 is 11.8 Å². The number of aromatic nitrogens is 1. The molecule has 0 atom stereocenters. The molecule has 22 heavy (non-hydrogen) atoms. The van der Waals surface area contributed by atoms with Crippen LogP contribution in [0.4, 0.5) is 0 Å². The van der Waals surface area contributed by atoms with E-state index in [0.29, 0.717) is 10.6 Å². The molecule has 1 aromatic heterocycles. The highest BCUT2D eigenvalue weighted by Gasteiger charge is 2.11. The predicted molar refractivity (Wildman–Crippen MR) is 83.3 cm³/mol. The van der Waals surface area contributed by atoms with Crippen LogP contribution < -0.4 is 10.7 Å². The Morgan fingerprint density at radius 3 is 2.64 bits per heavy atom. The summed E-state index contributed by atoms with van der Waals surface area (Å²) in [7, 11) is 0. The van der Waals surface area contributed by atoms with Gasteiger partial charge in [-0.25, -0.2) is 5.43 Å². The van der Waals surface area contributed by atoms with Gasteiger partial charge in [0.1, 0.15) is 0 Å². The summed E-state index contributed by atoms with van der Waals surface area (Å²) in [5.41, 5.74) is 3.70. The Balaban J connectivity index is 1.78. The van der Waals surface area contributed by atoms with Crippen LogP contribution in [0, 0.1) is 0 Å². The van der Waals surface area contributed by atoms with Crippen molar-refractivity contribution in [1.82, 2.24) is 15.7 Å². The SMILES string of the molecule is O=C(NCc1ccc(Cl)cc1)C(=O)N/N=C\c1cccnc1. The molecule has 6 nitrogen and oxygen atoms in total. The normalized spacial score (nSPS) is 10.4. The fourth-order valence-corrected chi connectivity index (χ4v) is 1.66. The Hall–Kier alpha value is -2.73. The molecule has 2 rings (SSSR count). The molecule has 2 amide bonds. The van der Waals surface area contributed by atoms with Gasteiger partial charge in [0.25, 0.3) is 0 Å². The lowest BCUT2D eigenvalue weighted by Gasteiger charge is -2.04. The summed E-state index contributed by atoms with van der Waals surface area (Å²) in [4.78, 5) is 27.0. The van der Waals surface area contributed by atoms with Crippen molar-refractivity contribution in [2.45, 2.75) is 6.54 Å². The standard InChI is InChI=1S/C15H13ClN4O2/c16-13-5-3-11(4-6-13)9-18-14(21)15(22)20-19-10-12-2-1-7-17-8-12/h1-8,10H,9H2,(H,18,21)(H,20,22)/b19-10-. The minimum atomic E-state index is -0.839. The average molecular weight is 317 g/mol. The number of hydrazone groups is 1. The Bertz CT molecular complexity index is 672. The highest BCUT2D eigenvalue weighted by atomic mass is 35.5. The fraction of sp³-hybridized carbons (Fsp3) is 0.0667. The molecule has 2 aromatic rings. The highest BCUT2D eigenvalue weighted by Crippen LogP contribution is 2.08. The van der Waals surface area contributed by atoms with Gasteiger partial charge in [-0.05, 0) is 23.8 Å². The first kappa shape index (κ1) is 15.7. The Morgan fingerprint density at radius 1 is 1.18 bits per heavy atom. The zero-order valence-electron chi connectivity index (χ0n) is 11.5. The largest absolute Gasteiger partial charge is 0.344 e. The lowest BCUT2D eigenvalue weighted by atomic mass is 10.2. The summed E-state index contributed by atoms with van der Waals surface area (Å²) in [5.74, 6) is -1.60. The van der Waals surface area contributed by atoms with E-state index in [1.807, 2.05) is 0 Å². The molecule has 0 aliphatic heterocycles. The van der Waals surface area contributed by atoms with Crippen molar-refractivity contribution in [1.29, 1.82) is 0 Å². The fourth-order valence-electron chi connectivity index (χ4n) is 1.53. The first-order valence-corrected chi connectivity index (χ1v) is 6.78. The summed E-state index contributed by atoms with van der Waals surface area (Å²) in [6, 6.07) is 10.5. The number of amides is 2. The van der Waals surface area contributed by atoms with E-state index in [0.717, 1.165) is 5.56 Å². The lowest BCUT2D eigenvalue weighted by Crippen LogP contribution is -2.37. The molecular weight excluding hydrogens is 304 g/mol. The molecule has 0 aliphatic carbocycles. The van der Waals surface area contributed by atoms with Crippen LogP contribution in [0.25, 0.3) is 0 Å². The van der Waals surface area contributed by atoms with Gasteiger partial charge in [0.05, 0.1) is 6.21 Å². The summed E-state index contributed by atoms with van der Waals surface area (Å²) < 4.78 is 0. The minimum Gasteiger partial charge on any atom is -0.344 e. The van der Waals surface area contributed by atoms with Crippen LogP contribution >= 0.6 is 11.6 Å². The van der Waals surface area contributed by atoms with Crippen molar-refractivity contribution in [2.24, 2.45) is 5.10 Å². The molecule has 0 bridgehead atoms. The number of benzene rings is 1. The molecule has 1 heterocycles. The number of pyridine rings is 1. The van der Waals surface area contributed by atoms with Gasteiger partial charge in [0.15, 0.2) is 0 Å². The second-order valence-corrected chi connectivity index (χ2v) is 4.73. The number of rotatable bonds is 4. The first-order valence-electron chi connectivity index (χ1n) is 6.41. The molecule has 7 heteroatoms. The molecule has 112 valence electrons. The molecule has 0 radical (unpaired) electrons. The van der Waals surface area contributed by atoms with Gasteiger partial charge in [0, 0.05) is 29.5 Å². The van der Waals surface area contributed by atoms with E-state index in [4.69, 9.17) is 11.6 Å². The van der Waals surface area contributed by atoms with E-state index in [-0.39, 0.29) is 6.54 Å². The third kappa shape index (κ3) is 4.99. The number of carbonyl (C=O) groups is 2. The maximum absolute atomic E-state index is 11.6. The van der Waals surface area contributed by atoms with Gasteiger partial charge in [-0.2, -0.15) is 5.10 Å². The Labute approximate surface area is 132 Å². The van der Waals surface area contributed by atoms with Crippen LogP contribution in [-0.4, -0.2) is 23.0 Å². The molecule has 0 unspecified atom stereocenters. The number of nitrogens with one attached hydrogen (secondary N) is 2. The van der Waals surface area contributed by atoms with E-state index in [1.165, 1.54) is 6.21 Å².